The van der Waals surface area contributed by atoms with Gasteiger partial charge in [0, 0.05) is 5.75 Å². The minimum absolute atomic E-state index is 0.836. The van der Waals surface area contributed by atoms with Crippen LogP contribution in [0.5, 0.6) is 0 Å². The van der Waals surface area contributed by atoms with Crippen LogP contribution in [0.15, 0.2) is 25.2 Å². The average Bonchev–Trinajstić information content (AvgIpc) is 2.52. The number of aromatic nitrogens is 2. The van der Waals surface area contributed by atoms with Crippen molar-refractivity contribution in [3.8, 4) is 0 Å². The van der Waals surface area contributed by atoms with Crippen molar-refractivity contribution in [2.75, 3.05) is 5.75 Å². The van der Waals surface area contributed by atoms with Crippen LogP contribution in [-0.2, 0) is 0 Å². The van der Waals surface area contributed by atoms with Gasteiger partial charge in [0.1, 0.15) is 0 Å². The zero-order valence-electron chi connectivity index (χ0n) is 5.91. The number of imidazole rings is 1. The number of rotatable bonds is 3. The Bertz CT molecular complexity index is 241. The van der Waals surface area contributed by atoms with Crippen molar-refractivity contribution in [3.05, 3.63) is 30.9 Å². The smallest absolute Gasteiger partial charge is 0.0960 e. The van der Waals surface area contributed by atoms with Gasteiger partial charge in [0.2, 0.25) is 0 Å². The molecule has 0 aliphatic rings. The second-order valence-corrected chi connectivity index (χ2v) is 3.55. The zero-order valence-corrected chi connectivity index (χ0v) is 7.54. The van der Waals surface area contributed by atoms with Crippen molar-refractivity contribution in [3.63, 3.8) is 0 Å². The van der Waals surface area contributed by atoms with E-state index in [4.69, 9.17) is 12.2 Å². The fourth-order valence-corrected chi connectivity index (χ4v) is 1.43. The first-order chi connectivity index (χ1) is 5.34. The van der Waals surface area contributed by atoms with E-state index in [0.717, 1.165) is 15.6 Å². The molecule has 0 aliphatic carbocycles. The number of H-pyrrole nitrogens is 1. The van der Waals surface area contributed by atoms with Gasteiger partial charge in [0.25, 0.3) is 0 Å². The van der Waals surface area contributed by atoms with Gasteiger partial charge in [-0.2, -0.15) is 0 Å². The predicted octanol–water partition coefficient (Wildman–Crippen LogP) is 2.00. The summed E-state index contributed by atoms with van der Waals surface area (Å²) in [5.41, 5.74) is 0.909. The second kappa shape index (κ2) is 4.31. The number of thiocarbonyl (C=S) groups is 1. The maximum absolute atomic E-state index is 5.08. The molecule has 0 fully saturated rings. The van der Waals surface area contributed by atoms with E-state index in [0.29, 0.717) is 0 Å². The van der Waals surface area contributed by atoms with E-state index in [-0.39, 0.29) is 0 Å². The number of hydrogen-bond donors (Lipinski definition) is 1. The summed E-state index contributed by atoms with van der Waals surface area (Å²) in [5.74, 6) is 0.845. The minimum Gasteiger partial charge on any atom is -0.344 e. The van der Waals surface area contributed by atoms with Crippen LogP contribution in [0.4, 0.5) is 0 Å². The van der Waals surface area contributed by atoms with E-state index in [2.05, 4.69) is 16.5 Å². The molecular formula is C7H8N2S2. The lowest BCUT2D eigenvalue weighted by molar-refractivity contribution is 1.31. The van der Waals surface area contributed by atoms with Gasteiger partial charge in [-0.05, 0) is 0 Å². The summed E-state index contributed by atoms with van der Waals surface area (Å²) in [7, 11) is 0. The Morgan fingerprint density at radius 2 is 2.73 bits per heavy atom. The number of nitrogens with zero attached hydrogens (tertiary/aromatic N) is 1. The number of nitrogens with one attached hydrogen (secondary N) is 1. The van der Waals surface area contributed by atoms with Gasteiger partial charge in [-0.3, -0.25) is 0 Å². The molecule has 0 saturated heterocycles. The fraction of sp³-hybridized carbons (Fsp3) is 0.143. The van der Waals surface area contributed by atoms with E-state index in [1.165, 1.54) is 0 Å². The fourth-order valence-electron chi connectivity index (χ4n) is 0.580. The summed E-state index contributed by atoms with van der Waals surface area (Å²) in [4.78, 5) is 6.81. The number of thioether (sulfide) groups is 1. The average molecular weight is 184 g/mol. The summed E-state index contributed by atoms with van der Waals surface area (Å²) in [6.07, 6.45) is 5.17. The van der Waals surface area contributed by atoms with Crippen molar-refractivity contribution >= 4 is 28.2 Å². The van der Waals surface area contributed by atoms with Crippen LogP contribution >= 0.6 is 24.0 Å². The SMILES string of the molecule is C=CCSC(=S)c1cnc[nH]1. The third kappa shape index (κ3) is 2.48. The molecule has 0 bridgehead atoms. The topological polar surface area (TPSA) is 28.7 Å². The minimum atomic E-state index is 0.836. The Hall–Kier alpha value is -0.610. The summed E-state index contributed by atoms with van der Waals surface area (Å²) in [5, 5.41) is 0. The van der Waals surface area contributed by atoms with Crippen LogP contribution in [0.25, 0.3) is 0 Å². The van der Waals surface area contributed by atoms with E-state index >= 15 is 0 Å². The van der Waals surface area contributed by atoms with Gasteiger partial charge < -0.3 is 4.98 Å². The largest absolute Gasteiger partial charge is 0.344 e. The lowest BCUT2D eigenvalue weighted by atomic mass is 10.6. The van der Waals surface area contributed by atoms with Crippen molar-refractivity contribution < 1.29 is 0 Å². The Labute approximate surface area is 75.1 Å². The normalized spacial score (nSPS) is 9.45. The highest BCUT2D eigenvalue weighted by Crippen LogP contribution is 2.10. The maximum Gasteiger partial charge on any atom is 0.0960 e. The molecular weight excluding hydrogens is 176 g/mol. The van der Waals surface area contributed by atoms with E-state index in [1.807, 2.05) is 6.08 Å². The number of hydrogen-bond acceptors (Lipinski definition) is 3. The summed E-state index contributed by atoms with van der Waals surface area (Å²) >= 11 is 6.66. The van der Waals surface area contributed by atoms with Crippen LogP contribution in [0.2, 0.25) is 0 Å². The monoisotopic (exact) mass is 184 g/mol. The molecule has 11 heavy (non-hydrogen) atoms. The van der Waals surface area contributed by atoms with Crippen molar-refractivity contribution in [1.82, 2.24) is 9.97 Å². The first kappa shape index (κ1) is 8.49. The Kier molecular flexibility index (Phi) is 3.32. The zero-order chi connectivity index (χ0) is 8.10. The summed E-state index contributed by atoms with van der Waals surface area (Å²) < 4.78 is 0.836. The molecule has 0 saturated carbocycles. The molecule has 1 aromatic heterocycles. The highest BCUT2D eigenvalue weighted by atomic mass is 32.2. The molecule has 58 valence electrons. The Morgan fingerprint density at radius 3 is 3.27 bits per heavy atom. The molecule has 4 heteroatoms. The van der Waals surface area contributed by atoms with Crippen LogP contribution in [-0.4, -0.2) is 19.9 Å². The molecule has 0 aliphatic heterocycles. The molecule has 1 rings (SSSR count). The molecule has 0 atom stereocenters. The van der Waals surface area contributed by atoms with Crippen LogP contribution in [0, 0.1) is 0 Å². The third-order valence-corrected chi connectivity index (χ3v) is 2.51. The Morgan fingerprint density at radius 1 is 1.91 bits per heavy atom. The first-order valence-corrected chi connectivity index (χ1v) is 4.50. The third-order valence-electron chi connectivity index (χ3n) is 1.05. The van der Waals surface area contributed by atoms with Crippen LogP contribution < -0.4 is 0 Å². The molecule has 0 spiro atoms. The summed E-state index contributed by atoms with van der Waals surface area (Å²) in [6.45, 7) is 3.61. The molecule has 0 aromatic carbocycles. The van der Waals surface area contributed by atoms with Crippen molar-refractivity contribution in [1.29, 1.82) is 0 Å². The highest BCUT2D eigenvalue weighted by molar-refractivity contribution is 8.23. The lowest BCUT2D eigenvalue weighted by Crippen LogP contribution is -1.91. The first-order valence-electron chi connectivity index (χ1n) is 3.11. The van der Waals surface area contributed by atoms with Gasteiger partial charge >= 0.3 is 0 Å². The van der Waals surface area contributed by atoms with Gasteiger partial charge in [0.05, 0.1) is 22.4 Å². The van der Waals surface area contributed by atoms with E-state index in [1.54, 1.807) is 24.3 Å². The van der Waals surface area contributed by atoms with E-state index < -0.39 is 0 Å². The van der Waals surface area contributed by atoms with Crippen molar-refractivity contribution in [2.24, 2.45) is 0 Å². The standard InChI is InChI=1S/C7H8N2S2/c1-2-3-11-7(10)6-4-8-5-9-6/h2,4-5H,1,3H2,(H,8,9). The molecule has 1 aromatic rings. The van der Waals surface area contributed by atoms with Gasteiger partial charge in [-0.1, -0.05) is 18.3 Å². The molecule has 0 radical (unpaired) electrons. The molecule has 2 nitrogen and oxygen atoms in total. The molecule has 1 N–H and O–H groups in total. The molecule has 1 heterocycles. The van der Waals surface area contributed by atoms with E-state index in [9.17, 15) is 0 Å². The van der Waals surface area contributed by atoms with Crippen LogP contribution in [0.1, 0.15) is 5.69 Å². The van der Waals surface area contributed by atoms with Gasteiger partial charge in [-0.25, -0.2) is 4.98 Å². The quantitative estimate of drug-likeness (QED) is 0.575. The Balaban J connectivity index is 2.49. The van der Waals surface area contributed by atoms with Crippen molar-refractivity contribution in [2.45, 2.75) is 0 Å². The predicted molar refractivity (Wildman–Crippen MR) is 52.9 cm³/mol. The summed E-state index contributed by atoms with van der Waals surface area (Å²) in [6, 6.07) is 0. The lowest BCUT2D eigenvalue weighted by Gasteiger charge is -1.95. The highest BCUT2D eigenvalue weighted by Gasteiger charge is 2.00. The molecule has 0 unspecified atom stereocenters. The van der Waals surface area contributed by atoms with Gasteiger partial charge in [-0.15, -0.1) is 18.3 Å². The second-order valence-electron chi connectivity index (χ2n) is 1.85. The van der Waals surface area contributed by atoms with Gasteiger partial charge in [0.15, 0.2) is 0 Å². The maximum atomic E-state index is 5.08. The number of aromatic amines is 1. The molecule has 0 amide bonds. The van der Waals surface area contributed by atoms with Crippen LogP contribution in [0.3, 0.4) is 0 Å².